The van der Waals surface area contributed by atoms with E-state index in [0.717, 1.165) is 53.0 Å². The molecule has 0 fully saturated rings. The van der Waals surface area contributed by atoms with Crippen LogP contribution in [0.3, 0.4) is 0 Å². The Bertz CT molecular complexity index is 1030. The molecule has 1 aliphatic heterocycles. The molecule has 2 aromatic rings. The lowest BCUT2D eigenvalue weighted by Crippen LogP contribution is -2.26. The molecule has 0 saturated carbocycles. The Labute approximate surface area is 211 Å². The lowest BCUT2D eigenvalue weighted by molar-refractivity contribution is -0.153. The predicted molar refractivity (Wildman–Crippen MR) is 135 cm³/mol. The molecule has 3 rings (SSSR count). The first kappa shape index (κ1) is 27.0. The number of fused-ring (bicyclic) bond motifs is 2. The highest BCUT2D eigenvalue weighted by atomic mass is 32.2. The van der Waals surface area contributed by atoms with E-state index in [9.17, 15) is 19.5 Å². The molecule has 1 heterocycles. The number of aliphatic hydroxyl groups is 1. The van der Waals surface area contributed by atoms with Crippen molar-refractivity contribution in [1.82, 2.24) is 0 Å². The van der Waals surface area contributed by atoms with Crippen LogP contribution in [-0.4, -0.2) is 42.1 Å². The van der Waals surface area contributed by atoms with Gasteiger partial charge in [0.05, 0.1) is 5.92 Å². The number of carbonyl (C=O) groups is 3. The Morgan fingerprint density at radius 3 is 2.54 bits per heavy atom. The van der Waals surface area contributed by atoms with Crippen molar-refractivity contribution < 1.29 is 29.0 Å². The second-order valence-electron chi connectivity index (χ2n) is 8.92. The van der Waals surface area contributed by atoms with Gasteiger partial charge in [-0.2, -0.15) is 0 Å². The van der Waals surface area contributed by atoms with E-state index in [4.69, 9.17) is 9.47 Å². The second kappa shape index (κ2) is 13.4. The molecular weight excluding hydrogens is 464 g/mol. The lowest BCUT2D eigenvalue weighted by Gasteiger charge is -2.16. The Hall–Kier alpha value is -2.64. The molecule has 35 heavy (non-hydrogen) atoms. The van der Waals surface area contributed by atoms with E-state index < -0.39 is 18.0 Å². The zero-order chi connectivity index (χ0) is 25.2. The van der Waals surface area contributed by atoms with Gasteiger partial charge >= 0.3 is 11.9 Å². The van der Waals surface area contributed by atoms with E-state index in [1.807, 2.05) is 42.5 Å². The van der Waals surface area contributed by atoms with Gasteiger partial charge in [0, 0.05) is 28.2 Å². The van der Waals surface area contributed by atoms with Crippen molar-refractivity contribution in [2.75, 3.05) is 13.2 Å². The highest BCUT2D eigenvalue weighted by molar-refractivity contribution is 7.99. The van der Waals surface area contributed by atoms with Crippen LogP contribution < -0.4 is 0 Å². The number of hydrogen-bond acceptors (Lipinski definition) is 7. The zero-order valence-corrected chi connectivity index (χ0v) is 21.3. The van der Waals surface area contributed by atoms with Crippen molar-refractivity contribution in [1.29, 1.82) is 0 Å². The van der Waals surface area contributed by atoms with Crippen LogP contribution in [0.2, 0.25) is 0 Å². The highest BCUT2D eigenvalue weighted by Crippen LogP contribution is 2.38. The SMILES string of the molecule is CCCCCCCC(=O)OC[C@H](O)COC(=O)C(C)c1ccc2c(c1)CC(=O)c1ccccc1S2. The van der Waals surface area contributed by atoms with Crippen LogP contribution in [0.5, 0.6) is 0 Å². The summed E-state index contributed by atoms with van der Waals surface area (Å²) in [4.78, 5) is 39.0. The van der Waals surface area contributed by atoms with Crippen LogP contribution in [0.15, 0.2) is 52.3 Å². The summed E-state index contributed by atoms with van der Waals surface area (Å²) in [5.74, 6) is -1.34. The van der Waals surface area contributed by atoms with Gasteiger partial charge in [-0.05, 0) is 36.6 Å². The average Bonchev–Trinajstić information content (AvgIpc) is 3.00. The number of hydrogen-bond donors (Lipinski definition) is 1. The predicted octanol–water partition coefficient (Wildman–Crippen LogP) is 5.49. The summed E-state index contributed by atoms with van der Waals surface area (Å²) < 4.78 is 10.3. The van der Waals surface area contributed by atoms with Gasteiger partial charge < -0.3 is 14.6 Å². The monoisotopic (exact) mass is 498 g/mol. The first-order chi connectivity index (χ1) is 16.9. The third kappa shape index (κ3) is 7.94. The van der Waals surface area contributed by atoms with Gasteiger partial charge in [0.2, 0.25) is 0 Å². The second-order valence-corrected chi connectivity index (χ2v) is 10.0. The third-order valence-corrected chi connectivity index (χ3v) is 7.23. The number of ketones is 1. The molecule has 1 aliphatic rings. The van der Waals surface area contributed by atoms with Crippen LogP contribution in [0, 0.1) is 0 Å². The number of unbranched alkanes of at least 4 members (excludes halogenated alkanes) is 4. The molecule has 2 atom stereocenters. The summed E-state index contributed by atoms with van der Waals surface area (Å²) >= 11 is 1.55. The lowest BCUT2D eigenvalue weighted by atomic mass is 9.96. The first-order valence-corrected chi connectivity index (χ1v) is 13.1. The van der Waals surface area contributed by atoms with E-state index >= 15 is 0 Å². The summed E-state index contributed by atoms with van der Waals surface area (Å²) in [7, 11) is 0. The Morgan fingerprint density at radius 2 is 1.74 bits per heavy atom. The van der Waals surface area contributed by atoms with Gasteiger partial charge in [-0.25, -0.2) is 0 Å². The number of aliphatic hydroxyl groups excluding tert-OH is 1. The molecule has 0 amide bonds. The summed E-state index contributed by atoms with van der Waals surface area (Å²) in [5, 5.41) is 10.1. The largest absolute Gasteiger partial charge is 0.463 e. The van der Waals surface area contributed by atoms with Gasteiger partial charge in [0.25, 0.3) is 0 Å². The standard InChI is InChI=1S/C28H34O6S/c1-3-4-5-6-7-12-27(31)33-17-22(29)18-34-28(32)19(2)20-13-14-25-21(15-20)16-24(30)23-10-8-9-11-26(23)35-25/h8-11,13-15,19,22,29H,3-7,12,16-18H2,1-2H3/t19?,22-/m0/s1. The molecule has 2 aromatic carbocycles. The van der Waals surface area contributed by atoms with Gasteiger partial charge in [0.1, 0.15) is 19.3 Å². The Morgan fingerprint density at radius 1 is 1.00 bits per heavy atom. The average molecular weight is 499 g/mol. The fourth-order valence-electron chi connectivity index (χ4n) is 3.90. The van der Waals surface area contributed by atoms with Crippen LogP contribution in [0.1, 0.15) is 79.8 Å². The molecule has 0 radical (unpaired) electrons. The number of benzene rings is 2. The topological polar surface area (TPSA) is 89.9 Å². The van der Waals surface area contributed by atoms with Crippen LogP contribution in [0.4, 0.5) is 0 Å². The van der Waals surface area contributed by atoms with Gasteiger partial charge in [-0.3, -0.25) is 14.4 Å². The molecule has 1 N–H and O–H groups in total. The van der Waals surface area contributed by atoms with Crippen molar-refractivity contribution >= 4 is 29.5 Å². The number of esters is 2. The van der Waals surface area contributed by atoms with Crippen molar-refractivity contribution in [2.24, 2.45) is 0 Å². The molecule has 188 valence electrons. The van der Waals surface area contributed by atoms with Crippen molar-refractivity contribution in [3.63, 3.8) is 0 Å². The molecule has 0 aliphatic carbocycles. The third-order valence-electron chi connectivity index (χ3n) is 6.04. The molecule has 7 heteroatoms. The van der Waals surface area contributed by atoms with Gasteiger partial charge in [-0.1, -0.05) is 74.7 Å². The van der Waals surface area contributed by atoms with E-state index in [0.29, 0.717) is 12.0 Å². The molecule has 0 aromatic heterocycles. The minimum absolute atomic E-state index is 0.0536. The maximum absolute atomic E-state index is 12.7. The minimum atomic E-state index is -1.07. The van der Waals surface area contributed by atoms with E-state index in [1.165, 1.54) is 0 Å². The number of rotatable bonds is 12. The molecule has 0 spiro atoms. The Balaban J connectivity index is 1.46. The summed E-state index contributed by atoms with van der Waals surface area (Å²) in [6, 6.07) is 13.3. The highest BCUT2D eigenvalue weighted by Gasteiger charge is 2.24. The normalized spacial score (nSPS) is 14.3. The molecule has 0 bridgehead atoms. The number of Topliss-reactive ketones (excluding diaryl/α,β-unsaturated/α-hetero) is 1. The maximum Gasteiger partial charge on any atom is 0.313 e. The van der Waals surface area contributed by atoms with Crippen LogP contribution in [-0.2, 0) is 25.5 Å². The maximum atomic E-state index is 12.7. The van der Waals surface area contributed by atoms with Crippen LogP contribution in [0.25, 0.3) is 0 Å². The van der Waals surface area contributed by atoms with E-state index in [2.05, 4.69) is 6.92 Å². The van der Waals surface area contributed by atoms with Crippen molar-refractivity contribution in [3.8, 4) is 0 Å². The fourth-order valence-corrected chi connectivity index (χ4v) is 4.97. The number of ether oxygens (including phenoxy) is 2. The summed E-state index contributed by atoms with van der Waals surface area (Å²) in [5.41, 5.74) is 2.35. The summed E-state index contributed by atoms with van der Waals surface area (Å²) in [6.45, 7) is 3.42. The fraction of sp³-hybridized carbons (Fsp3) is 0.464. The quantitative estimate of drug-likeness (QED) is 0.306. The zero-order valence-electron chi connectivity index (χ0n) is 20.5. The van der Waals surface area contributed by atoms with E-state index in [1.54, 1.807) is 18.7 Å². The molecular formula is C28H34O6S. The van der Waals surface area contributed by atoms with Gasteiger partial charge in [-0.15, -0.1) is 0 Å². The smallest absolute Gasteiger partial charge is 0.313 e. The number of carbonyl (C=O) groups excluding carboxylic acids is 3. The molecule has 0 saturated heterocycles. The Kier molecular flexibility index (Phi) is 10.4. The van der Waals surface area contributed by atoms with Crippen molar-refractivity contribution in [3.05, 3.63) is 59.2 Å². The first-order valence-electron chi connectivity index (χ1n) is 12.3. The van der Waals surface area contributed by atoms with E-state index in [-0.39, 0.29) is 31.4 Å². The minimum Gasteiger partial charge on any atom is -0.463 e. The van der Waals surface area contributed by atoms with Gasteiger partial charge in [0.15, 0.2) is 5.78 Å². The summed E-state index contributed by atoms with van der Waals surface area (Å²) in [6.07, 6.45) is 4.71. The molecule has 6 nitrogen and oxygen atoms in total. The molecule has 1 unspecified atom stereocenters. The van der Waals surface area contributed by atoms with Crippen LogP contribution >= 0.6 is 11.8 Å². The van der Waals surface area contributed by atoms with Crippen molar-refractivity contribution in [2.45, 2.75) is 80.6 Å².